The molecule has 0 saturated heterocycles. The first-order chi connectivity index (χ1) is 9.28. The standard InChI is InChI=1S/C15H13N3O/c1-2-11-7-14(19)18-15(17-11)13-9-16-8-10-5-3-4-6-12(10)13/h3-9H,2H2,1H3,(H,17,18,19). The van der Waals surface area contributed by atoms with Gasteiger partial charge < -0.3 is 4.98 Å². The number of aryl methyl sites for hydroxylation is 1. The molecule has 0 amide bonds. The average Bonchev–Trinajstić information content (AvgIpc) is 2.46. The van der Waals surface area contributed by atoms with Gasteiger partial charge in [0.15, 0.2) is 0 Å². The minimum atomic E-state index is -0.130. The lowest BCUT2D eigenvalue weighted by atomic mass is 10.1. The summed E-state index contributed by atoms with van der Waals surface area (Å²) in [5, 5.41) is 2.07. The van der Waals surface area contributed by atoms with Gasteiger partial charge in [-0.3, -0.25) is 9.78 Å². The summed E-state index contributed by atoms with van der Waals surface area (Å²) in [6.45, 7) is 1.98. The molecule has 0 bridgehead atoms. The van der Waals surface area contributed by atoms with E-state index in [9.17, 15) is 4.79 Å². The molecule has 0 radical (unpaired) electrons. The normalized spacial score (nSPS) is 10.8. The fourth-order valence-electron chi connectivity index (χ4n) is 2.12. The molecule has 4 nitrogen and oxygen atoms in total. The minimum absolute atomic E-state index is 0.130. The van der Waals surface area contributed by atoms with E-state index >= 15 is 0 Å². The lowest BCUT2D eigenvalue weighted by Crippen LogP contribution is -2.10. The molecule has 0 unspecified atom stereocenters. The molecule has 3 aromatic rings. The number of rotatable bonds is 2. The maximum atomic E-state index is 11.7. The third-order valence-electron chi connectivity index (χ3n) is 3.08. The molecule has 19 heavy (non-hydrogen) atoms. The molecule has 2 aromatic heterocycles. The van der Waals surface area contributed by atoms with Gasteiger partial charge >= 0.3 is 0 Å². The zero-order valence-corrected chi connectivity index (χ0v) is 10.6. The summed E-state index contributed by atoms with van der Waals surface area (Å²) in [5.74, 6) is 0.577. The van der Waals surface area contributed by atoms with E-state index in [0.29, 0.717) is 5.82 Å². The predicted molar refractivity (Wildman–Crippen MR) is 75.0 cm³/mol. The van der Waals surface area contributed by atoms with Gasteiger partial charge in [-0.05, 0) is 11.8 Å². The molecule has 2 heterocycles. The zero-order valence-electron chi connectivity index (χ0n) is 10.6. The van der Waals surface area contributed by atoms with E-state index in [0.717, 1.165) is 28.5 Å². The van der Waals surface area contributed by atoms with E-state index < -0.39 is 0 Å². The Morgan fingerprint density at radius 1 is 1.21 bits per heavy atom. The van der Waals surface area contributed by atoms with Crippen molar-refractivity contribution in [2.24, 2.45) is 0 Å². The maximum absolute atomic E-state index is 11.7. The van der Waals surface area contributed by atoms with Crippen molar-refractivity contribution in [1.82, 2.24) is 15.0 Å². The quantitative estimate of drug-likeness (QED) is 0.761. The molecule has 4 heteroatoms. The summed E-state index contributed by atoms with van der Waals surface area (Å²) in [7, 11) is 0. The van der Waals surface area contributed by atoms with Crippen LogP contribution in [-0.2, 0) is 6.42 Å². The number of hydrogen-bond acceptors (Lipinski definition) is 3. The summed E-state index contributed by atoms with van der Waals surface area (Å²) in [4.78, 5) is 23.1. The smallest absolute Gasteiger partial charge is 0.251 e. The highest BCUT2D eigenvalue weighted by molar-refractivity contribution is 5.93. The fraction of sp³-hybridized carbons (Fsp3) is 0.133. The highest BCUT2D eigenvalue weighted by Crippen LogP contribution is 2.24. The molecule has 3 rings (SSSR count). The van der Waals surface area contributed by atoms with Crippen molar-refractivity contribution in [2.75, 3.05) is 0 Å². The Kier molecular flexibility index (Phi) is 2.83. The number of pyridine rings is 1. The lowest BCUT2D eigenvalue weighted by molar-refractivity contribution is 0.987. The molecule has 0 spiro atoms. The molecule has 94 valence electrons. The Balaban J connectivity index is 2.30. The fourth-order valence-corrected chi connectivity index (χ4v) is 2.12. The Labute approximate surface area is 110 Å². The second kappa shape index (κ2) is 4.65. The Bertz CT molecular complexity index is 787. The number of nitrogens with zero attached hydrogens (tertiary/aromatic N) is 2. The maximum Gasteiger partial charge on any atom is 0.251 e. The number of aromatic amines is 1. The molecule has 0 aliphatic carbocycles. The summed E-state index contributed by atoms with van der Waals surface area (Å²) < 4.78 is 0. The summed E-state index contributed by atoms with van der Waals surface area (Å²) in [6.07, 6.45) is 4.27. The zero-order chi connectivity index (χ0) is 13.2. The van der Waals surface area contributed by atoms with Crippen LogP contribution in [0.15, 0.2) is 47.5 Å². The summed E-state index contributed by atoms with van der Waals surface area (Å²) in [5.41, 5.74) is 1.51. The van der Waals surface area contributed by atoms with Crippen molar-refractivity contribution in [3.63, 3.8) is 0 Å². The minimum Gasteiger partial charge on any atom is -0.306 e. The summed E-state index contributed by atoms with van der Waals surface area (Å²) in [6, 6.07) is 9.46. The largest absolute Gasteiger partial charge is 0.306 e. The monoisotopic (exact) mass is 251 g/mol. The van der Waals surface area contributed by atoms with Crippen molar-refractivity contribution in [3.05, 3.63) is 58.8 Å². The van der Waals surface area contributed by atoms with E-state index in [4.69, 9.17) is 0 Å². The van der Waals surface area contributed by atoms with E-state index in [-0.39, 0.29) is 5.56 Å². The van der Waals surface area contributed by atoms with E-state index in [2.05, 4.69) is 15.0 Å². The lowest BCUT2D eigenvalue weighted by Gasteiger charge is -2.06. The van der Waals surface area contributed by atoms with Crippen LogP contribution in [0, 0.1) is 0 Å². The van der Waals surface area contributed by atoms with Crippen molar-refractivity contribution in [2.45, 2.75) is 13.3 Å². The van der Waals surface area contributed by atoms with Crippen LogP contribution in [0.2, 0.25) is 0 Å². The first kappa shape index (κ1) is 11.6. The van der Waals surface area contributed by atoms with Crippen LogP contribution in [-0.4, -0.2) is 15.0 Å². The molecule has 0 aliphatic rings. The summed E-state index contributed by atoms with van der Waals surface area (Å²) >= 11 is 0. The molecule has 0 saturated carbocycles. The van der Waals surface area contributed by atoms with Crippen molar-refractivity contribution in [3.8, 4) is 11.4 Å². The third kappa shape index (κ3) is 2.12. The van der Waals surface area contributed by atoms with Gasteiger partial charge in [0.25, 0.3) is 5.56 Å². The van der Waals surface area contributed by atoms with Crippen LogP contribution >= 0.6 is 0 Å². The Morgan fingerprint density at radius 2 is 2.05 bits per heavy atom. The van der Waals surface area contributed by atoms with Gasteiger partial charge in [0.2, 0.25) is 0 Å². The first-order valence-electron chi connectivity index (χ1n) is 6.21. The number of benzene rings is 1. The molecular weight excluding hydrogens is 238 g/mol. The number of fused-ring (bicyclic) bond motifs is 1. The number of hydrogen-bond donors (Lipinski definition) is 1. The Morgan fingerprint density at radius 3 is 2.89 bits per heavy atom. The van der Waals surface area contributed by atoms with E-state index in [1.165, 1.54) is 6.07 Å². The van der Waals surface area contributed by atoms with Gasteiger partial charge in [-0.2, -0.15) is 0 Å². The molecule has 0 atom stereocenters. The second-order valence-corrected chi connectivity index (χ2v) is 4.35. The van der Waals surface area contributed by atoms with Gasteiger partial charge in [-0.15, -0.1) is 0 Å². The highest BCUT2D eigenvalue weighted by Gasteiger charge is 2.07. The topological polar surface area (TPSA) is 58.6 Å². The number of aromatic nitrogens is 3. The molecular formula is C15H13N3O. The number of nitrogens with one attached hydrogen (secondary N) is 1. The molecule has 1 N–H and O–H groups in total. The number of H-pyrrole nitrogens is 1. The molecule has 1 aromatic carbocycles. The van der Waals surface area contributed by atoms with Crippen LogP contribution in [0.5, 0.6) is 0 Å². The highest BCUT2D eigenvalue weighted by atomic mass is 16.1. The van der Waals surface area contributed by atoms with Gasteiger partial charge in [0, 0.05) is 35.1 Å². The van der Waals surface area contributed by atoms with E-state index in [1.54, 1.807) is 12.4 Å². The predicted octanol–water partition coefficient (Wildman–Crippen LogP) is 2.55. The molecule has 0 fully saturated rings. The average molecular weight is 251 g/mol. The van der Waals surface area contributed by atoms with Crippen molar-refractivity contribution >= 4 is 10.8 Å². The van der Waals surface area contributed by atoms with Crippen LogP contribution in [0.1, 0.15) is 12.6 Å². The van der Waals surface area contributed by atoms with Gasteiger partial charge in [0.05, 0.1) is 0 Å². The van der Waals surface area contributed by atoms with Crippen LogP contribution < -0.4 is 5.56 Å². The molecule has 0 aliphatic heterocycles. The Hall–Kier alpha value is -2.49. The third-order valence-corrected chi connectivity index (χ3v) is 3.08. The van der Waals surface area contributed by atoms with Gasteiger partial charge in [-0.25, -0.2) is 4.98 Å². The van der Waals surface area contributed by atoms with Crippen molar-refractivity contribution < 1.29 is 0 Å². The van der Waals surface area contributed by atoms with Gasteiger partial charge in [0.1, 0.15) is 5.82 Å². The van der Waals surface area contributed by atoms with Crippen LogP contribution in [0.25, 0.3) is 22.2 Å². The van der Waals surface area contributed by atoms with Crippen molar-refractivity contribution in [1.29, 1.82) is 0 Å². The van der Waals surface area contributed by atoms with E-state index in [1.807, 2.05) is 31.2 Å². The SMILES string of the molecule is CCc1cc(=O)[nH]c(-c2cncc3ccccc23)n1. The first-order valence-corrected chi connectivity index (χ1v) is 6.21. The van der Waals surface area contributed by atoms with Crippen LogP contribution in [0.3, 0.4) is 0 Å². The van der Waals surface area contributed by atoms with Gasteiger partial charge in [-0.1, -0.05) is 31.2 Å². The van der Waals surface area contributed by atoms with Crippen LogP contribution in [0.4, 0.5) is 0 Å². The second-order valence-electron chi connectivity index (χ2n) is 4.35.